The van der Waals surface area contributed by atoms with Crippen LogP contribution < -0.4 is 10.0 Å². The first-order valence-electron chi connectivity index (χ1n) is 7.53. The molecular formula is C15H23FN2O2S. The fourth-order valence-corrected chi connectivity index (χ4v) is 4.88. The van der Waals surface area contributed by atoms with Crippen LogP contribution in [0.1, 0.15) is 38.5 Å². The third kappa shape index (κ3) is 3.95. The molecule has 0 amide bonds. The lowest BCUT2D eigenvalue weighted by molar-refractivity contribution is 0.481. The molecule has 0 radical (unpaired) electrons. The molecule has 0 bridgehead atoms. The second-order valence-electron chi connectivity index (χ2n) is 5.50. The van der Waals surface area contributed by atoms with Crippen molar-refractivity contribution in [2.45, 2.75) is 43.8 Å². The van der Waals surface area contributed by atoms with E-state index in [1.807, 2.05) is 0 Å². The highest BCUT2D eigenvalue weighted by Crippen LogP contribution is 2.29. The van der Waals surface area contributed by atoms with Gasteiger partial charge >= 0.3 is 0 Å². The second kappa shape index (κ2) is 7.22. The van der Waals surface area contributed by atoms with Crippen molar-refractivity contribution >= 4 is 15.7 Å². The number of nitrogens with zero attached hydrogens (tertiary/aromatic N) is 1. The Kier molecular flexibility index (Phi) is 5.58. The van der Waals surface area contributed by atoms with Crippen LogP contribution in [0.15, 0.2) is 24.3 Å². The summed E-state index contributed by atoms with van der Waals surface area (Å²) in [6, 6.07) is 5.63. The van der Waals surface area contributed by atoms with Gasteiger partial charge in [-0.25, -0.2) is 12.8 Å². The molecule has 1 fully saturated rings. The van der Waals surface area contributed by atoms with Crippen molar-refractivity contribution in [3.8, 4) is 0 Å². The lowest BCUT2D eigenvalue weighted by Crippen LogP contribution is -2.41. The molecule has 1 aliphatic rings. The van der Waals surface area contributed by atoms with Gasteiger partial charge in [0, 0.05) is 6.54 Å². The van der Waals surface area contributed by atoms with Crippen molar-refractivity contribution in [2.24, 2.45) is 5.73 Å². The fraction of sp³-hybridized carbons (Fsp3) is 0.600. The summed E-state index contributed by atoms with van der Waals surface area (Å²) in [4.78, 5) is 0. The second-order valence-corrected chi connectivity index (χ2v) is 7.63. The first kappa shape index (κ1) is 16.2. The summed E-state index contributed by atoms with van der Waals surface area (Å²) in [6.07, 6.45) is 5.02. The van der Waals surface area contributed by atoms with Crippen molar-refractivity contribution in [3.05, 3.63) is 30.1 Å². The average Bonchev–Trinajstić information content (AvgIpc) is 2.50. The summed E-state index contributed by atoms with van der Waals surface area (Å²) in [5.74, 6) is -0.368. The topological polar surface area (TPSA) is 63.4 Å². The first-order valence-corrected chi connectivity index (χ1v) is 9.03. The van der Waals surface area contributed by atoms with Crippen LogP contribution in [0, 0.1) is 5.82 Å². The predicted octanol–water partition coefficient (Wildman–Crippen LogP) is 2.64. The molecule has 118 valence electrons. The highest BCUT2D eigenvalue weighted by Gasteiger charge is 2.32. The van der Waals surface area contributed by atoms with E-state index in [0.717, 1.165) is 19.3 Å². The average molecular weight is 314 g/mol. The predicted molar refractivity (Wildman–Crippen MR) is 83.2 cm³/mol. The van der Waals surface area contributed by atoms with E-state index in [1.165, 1.54) is 28.6 Å². The number of hydrogen-bond donors (Lipinski definition) is 1. The van der Waals surface area contributed by atoms with E-state index in [4.69, 9.17) is 5.73 Å². The molecule has 0 heterocycles. The number of nitrogens with two attached hydrogens (primary N) is 1. The summed E-state index contributed by atoms with van der Waals surface area (Å²) in [5, 5.41) is -0.325. The maximum atomic E-state index is 13.1. The first-order chi connectivity index (χ1) is 10.1. The monoisotopic (exact) mass is 314 g/mol. The van der Waals surface area contributed by atoms with Crippen molar-refractivity contribution in [3.63, 3.8) is 0 Å². The van der Waals surface area contributed by atoms with Gasteiger partial charge in [0.25, 0.3) is 0 Å². The molecule has 6 heteroatoms. The minimum atomic E-state index is -3.41. The molecule has 0 unspecified atom stereocenters. The number of sulfonamides is 1. The van der Waals surface area contributed by atoms with Gasteiger partial charge in [-0.1, -0.05) is 19.3 Å². The number of rotatable bonds is 6. The summed E-state index contributed by atoms with van der Waals surface area (Å²) in [5.41, 5.74) is 6.04. The van der Waals surface area contributed by atoms with Gasteiger partial charge < -0.3 is 5.73 Å². The van der Waals surface area contributed by atoms with Gasteiger partial charge in [-0.2, -0.15) is 0 Å². The SMILES string of the molecule is NCCCN(c1ccc(F)cc1)S(=O)(=O)C1CCCCC1. The maximum absolute atomic E-state index is 13.1. The van der Waals surface area contributed by atoms with Gasteiger partial charge in [-0.3, -0.25) is 4.31 Å². The van der Waals surface area contributed by atoms with E-state index in [1.54, 1.807) is 0 Å². The molecule has 0 aromatic heterocycles. The van der Waals surface area contributed by atoms with Gasteiger partial charge in [0.05, 0.1) is 10.9 Å². The van der Waals surface area contributed by atoms with Gasteiger partial charge in [-0.15, -0.1) is 0 Å². The number of halogens is 1. The molecule has 1 saturated carbocycles. The van der Waals surface area contributed by atoms with Crippen LogP contribution in [-0.4, -0.2) is 26.8 Å². The van der Waals surface area contributed by atoms with Crippen LogP contribution >= 0.6 is 0 Å². The zero-order valence-corrected chi connectivity index (χ0v) is 13.0. The molecule has 0 spiro atoms. The summed E-state index contributed by atoms with van der Waals surface area (Å²) in [7, 11) is -3.41. The van der Waals surface area contributed by atoms with Crippen LogP contribution in [0.2, 0.25) is 0 Å². The Bertz CT molecular complexity index is 539. The zero-order valence-electron chi connectivity index (χ0n) is 12.2. The standard InChI is InChI=1S/C15H23FN2O2S/c16-13-7-9-14(10-8-13)18(12-4-11-17)21(19,20)15-5-2-1-3-6-15/h7-10,15H,1-6,11-12,17H2. The number of hydrogen-bond acceptors (Lipinski definition) is 3. The van der Waals surface area contributed by atoms with E-state index in [2.05, 4.69) is 0 Å². The molecule has 0 atom stereocenters. The molecule has 2 rings (SSSR count). The highest BCUT2D eigenvalue weighted by atomic mass is 32.2. The van der Waals surface area contributed by atoms with E-state index in [9.17, 15) is 12.8 Å². The summed E-state index contributed by atoms with van der Waals surface area (Å²) in [6.45, 7) is 0.777. The summed E-state index contributed by atoms with van der Waals surface area (Å²) < 4.78 is 40.2. The molecular weight excluding hydrogens is 291 g/mol. The van der Waals surface area contributed by atoms with Crippen LogP contribution in [0.4, 0.5) is 10.1 Å². The van der Waals surface area contributed by atoms with Crippen molar-refractivity contribution in [1.29, 1.82) is 0 Å². The van der Waals surface area contributed by atoms with E-state index < -0.39 is 10.0 Å². The van der Waals surface area contributed by atoms with Crippen LogP contribution in [0.5, 0.6) is 0 Å². The Labute approximate surface area is 126 Å². The minimum absolute atomic E-state index is 0.325. The largest absolute Gasteiger partial charge is 0.330 e. The van der Waals surface area contributed by atoms with Crippen LogP contribution in [0.25, 0.3) is 0 Å². The van der Waals surface area contributed by atoms with Gasteiger partial charge in [0.15, 0.2) is 0 Å². The fourth-order valence-electron chi connectivity index (χ4n) is 2.79. The molecule has 1 aliphatic carbocycles. The maximum Gasteiger partial charge on any atom is 0.238 e. The zero-order chi connectivity index (χ0) is 15.3. The molecule has 1 aromatic carbocycles. The Morgan fingerprint density at radius 1 is 1.14 bits per heavy atom. The van der Waals surface area contributed by atoms with E-state index in [0.29, 0.717) is 38.0 Å². The number of anilines is 1. The molecule has 4 nitrogen and oxygen atoms in total. The Hall–Kier alpha value is -1.14. The van der Waals surface area contributed by atoms with E-state index in [-0.39, 0.29) is 11.1 Å². The summed E-state index contributed by atoms with van der Waals surface area (Å²) >= 11 is 0. The Morgan fingerprint density at radius 3 is 2.33 bits per heavy atom. The van der Waals surface area contributed by atoms with Gasteiger partial charge in [0.2, 0.25) is 10.0 Å². The third-order valence-corrected chi connectivity index (χ3v) is 6.28. The lowest BCUT2D eigenvalue weighted by Gasteiger charge is -2.31. The van der Waals surface area contributed by atoms with Gasteiger partial charge in [0.1, 0.15) is 5.82 Å². The number of benzene rings is 1. The molecule has 0 saturated heterocycles. The Morgan fingerprint density at radius 2 is 1.76 bits per heavy atom. The Balaban J connectivity index is 2.27. The van der Waals surface area contributed by atoms with E-state index >= 15 is 0 Å². The minimum Gasteiger partial charge on any atom is -0.330 e. The quantitative estimate of drug-likeness (QED) is 0.878. The molecule has 2 N–H and O–H groups in total. The lowest BCUT2D eigenvalue weighted by atomic mass is 10.0. The smallest absolute Gasteiger partial charge is 0.238 e. The molecule has 21 heavy (non-hydrogen) atoms. The van der Waals surface area contributed by atoms with Crippen molar-refractivity contribution < 1.29 is 12.8 Å². The van der Waals surface area contributed by atoms with Crippen LogP contribution in [-0.2, 0) is 10.0 Å². The normalized spacial score (nSPS) is 16.9. The van der Waals surface area contributed by atoms with Crippen molar-refractivity contribution in [1.82, 2.24) is 0 Å². The molecule has 0 aliphatic heterocycles. The molecule has 1 aromatic rings. The van der Waals surface area contributed by atoms with Crippen molar-refractivity contribution in [2.75, 3.05) is 17.4 Å². The van der Waals surface area contributed by atoms with Crippen LogP contribution in [0.3, 0.4) is 0 Å². The highest BCUT2D eigenvalue weighted by molar-refractivity contribution is 7.93. The van der Waals surface area contributed by atoms with Gasteiger partial charge in [-0.05, 0) is 50.1 Å². The third-order valence-electron chi connectivity index (χ3n) is 3.96.